The number of hydrogen-bond acceptors (Lipinski definition) is 3. The van der Waals surface area contributed by atoms with Gasteiger partial charge < -0.3 is 5.11 Å². The van der Waals surface area contributed by atoms with Gasteiger partial charge >= 0.3 is 0 Å². The van der Waals surface area contributed by atoms with E-state index in [1.807, 2.05) is 0 Å². The van der Waals surface area contributed by atoms with Crippen molar-refractivity contribution in [1.29, 1.82) is 0 Å². The number of carbonyl (C=O) groups excluding carboxylic acids is 2. The summed E-state index contributed by atoms with van der Waals surface area (Å²) in [5.41, 5.74) is 0.885. The number of aliphatic hydroxyl groups is 1. The number of fused-ring (bicyclic) bond motifs is 1. The van der Waals surface area contributed by atoms with Gasteiger partial charge in [0.2, 0.25) is 0 Å². The zero-order valence-corrected chi connectivity index (χ0v) is 11.6. The van der Waals surface area contributed by atoms with Crippen LogP contribution in [0.4, 0.5) is 4.39 Å². The maximum absolute atomic E-state index is 14.3. The van der Waals surface area contributed by atoms with Gasteiger partial charge in [0.15, 0.2) is 6.17 Å². The summed E-state index contributed by atoms with van der Waals surface area (Å²) < 4.78 is 14.3. The molecule has 112 valence electrons. The molecular weight excluding hydrogens is 285 g/mol. The molecule has 0 bridgehead atoms. The van der Waals surface area contributed by atoms with Crippen molar-refractivity contribution >= 4 is 11.8 Å². The van der Waals surface area contributed by atoms with E-state index in [-0.39, 0.29) is 17.7 Å². The second-order valence-corrected chi connectivity index (χ2v) is 5.15. The molecule has 0 fully saturated rings. The molecule has 0 radical (unpaired) electrons. The highest BCUT2D eigenvalue weighted by Gasteiger charge is 2.37. The van der Waals surface area contributed by atoms with Gasteiger partial charge in [0.1, 0.15) is 6.10 Å². The largest absolute Gasteiger partial charge is 0.388 e. The van der Waals surface area contributed by atoms with Crippen molar-refractivity contribution in [1.82, 2.24) is 4.90 Å². The van der Waals surface area contributed by atoms with E-state index in [1.165, 1.54) is 0 Å². The third-order valence-corrected chi connectivity index (χ3v) is 3.70. The van der Waals surface area contributed by atoms with E-state index in [0.717, 1.165) is 4.90 Å². The molecule has 4 nitrogen and oxygen atoms in total. The minimum atomic E-state index is -1.66. The van der Waals surface area contributed by atoms with Gasteiger partial charge in [-0.05, 0) is 17.7 Å². The summed E-state index contributed by atoms with van der Waals surface area (Å²) in [4.78, 5) is 25.2. The zero-order valence-electron chi connectivity index (χ0n) is 11.6. The van der Waals surface area contributed by atoms with Gasteiger partial charge in [-0.1, -0.05) is 42.5 Å². The fraction of sp³-hybridized carbons (Fsp3) is 0.176. The number of aliphatic hydroxyl groups excluding tert-OH is 1. The molecule has 5 heteroatoms. The minimum absolute atomic E-state index is 0.287. The molecule has 1 heterocycles. The fourth-order valence-corrected chi connectivity index (χ4v) is 2.54. The Hall–Kier alpha value is -2.53. The molecule has 2 amide bonds. The van der Waals surface area contributed by atoms with Crippen LogP contribution in [0, 0.1) is 0 Å². The van der Waals surface area contributed by atoms with Crippen molar-refractivity contribution in [2.45, 2.75) is 12.3 Å². The van der Waals surface area contributed by atoms with Crippen LogP contribution in [-0.4, -0.2) is 34.5 Å². The highest BCUT2D eigenvalue weighted by atomic mass is 19.1. The summed E-state index contributed by atoms with van der Waals surface area (Å²) in [6.45, 7) is -0.373. The van der Waals surface area contributed by atoms with Gasteiger partial charge in [-0.3, -0.25) is 14.5 Å². The maximum Gasteiger partial charge on any atom is 0.261 e. The van der Waals surface area contributed by atoms with Gasteiger partial charge in [0.25, 0.3) is 11.8 Å². The number of rotatable bonds is 4. The third-order valence-electron chi connectivity index (χ3n) is 3.70. The number of β-amino-alcohol motifs (C(OH)–C–C–N with tert-alkyl or cyclic N) is 1. The molecule has 2 atom stereocenters. The van der Waals surface area contributed by atoms with E-state index in [4.69, 9.17) is 0 Å². The number of imide groups is 1. The van der Waals surface area contributed by atoms with Crippen LogP contribution in [0.1, 0.15) is 32.5 Å². The highest BCUT2D eigenvalue weighted by molar-refractivity contribution is 6.21. The van der Waals surface area contributed by atoms with E-state index in [9.17, 15) is 19.1 Å². The van der Waals surface area contributed by atoms with Crippen molar-refractivity contribution in [2.75, 3.05) is 6.54 Å². The van der Waals surface area contributed by atoms with Crippen LogP contribution < -0.4 is 0 Å². The summed E-state index contributed by atoms with van der Waals surface area (Å²) in [6.07, 6.45) is -3.13. The smallest absolute Gasteiger partial charge is 0.261 e. The van der Waals surface area contributed by atoms with Crippen LogP contribution in [0.3, 0.4) is 0 Å². The van der Waals surface area contributed by atoms with Crippen molar-refractivity contribution in [3.8, 4) is 0 Å². The predicted molar refractivity (Wildman–Crippen MR) is 78.1 cm³/mol. The Balaban J connectivity index is 1.77. The molecular formula is C17H14FNO3. The Morgan fingerprint density at radius 2 is 1.41 bits per heavy atom. The first-order valence-corrected chi connectivity index (χ1v) is 6.92. The monoisotopic (exact) mass is 299 g/mol. The van der Waals surface area contributed by atoms with E-state index < -0.39 is 24.1 Å². The van der Waals surface area contributed by atoms with Crippen LogP contribution in [0.25, 0.3) is 0 Å². The molecule has 0 aliphatic carbocycles. The summed E-state index contributed by atoms with van der Waals surface area (Å²) >= 11 is 0. The molecule has 0 aromatic heterocycles. The first-order valence-electron chi connectivity index (χ1n) is 6.92. The Labute approximate surface area is 126 Å². The van der Waals surface area contributed by atoms with Crippen LogP contribution in [0.15, 0.2) is 54.6 Å². The molecule has 1 aliphatic rings. The quantitative estimate of drug-likeness (QED) is 0.882. The summed E-state index contributed by atoms with van der Waals surface area (Å²) in [5.74, 6) is -1.00. The molecule has 0 spiro atoms. The van der Waals surface area contributed by atoms with Crippen LogP contribution in [0.5, 0.6) is 0 Å². The number of halogens is 1. The lowest BCUT2D eigenvalue weighted by Crippen LogP contribution is -2.38. The lowest BCUT2D eigenvalue weighted by Gasteiger charge is -2.21. The van der Waals surface area contributed by atoms with E-state index in [0.29, 0.717) is 5.56 Å². The van der Waals surface area contributed by atoms with Gasteiger partial charge in [-0.15, -0.1) is 0 Å². The minimum Gasteiger partial charge on any atom is -0.388 e. The van der Waals surface area contributed by atoms with Crippen LogP contribution in [0.2, 0.25) is 0 Å². The van der Waals surface area contributed by atoms with Crippen molar-refractivity contribution < 1.29 is 19.1 Å². The van der Waals surface area contributed by atoms with Crippen molar-refractivity contribution in [3.63, 3.8) is 0 Å². The molecule has 2 aromatic rings. The number of carbonyl (C=O) groups is 2. The van der Waals surface area contributed by atoms with Gasteiger partial charge in [-0.2, -0.15) is 0 Å². The number of alkyl halides is 1. The second kappa shape index (κ2) is 5.69. The Bertz CT molecular complexity index is 682. The highest BCUT2D eigenvalue weighted by Crippen LogP contribution is 2.26. The predicted octanol–water partition coefficient (Wildman–Crippen LogP) is 2.35. The third kappa shape index (κ3) is 2.40. The number of nitrogens with zero attached hydrogens (tertiary/aromatic N) is 1. The average molecular weight is 299 g/mol. The lowest BCUT2D eigenvalue weighted by molar-refractivity contribution is 0.0345. The molecule has 2 aromatic carbocycles. The topological polar surface area (TPSA) is 57.6 Å². The average Bonchev–Trinajstić information content (AvgIpc) is 2.80. The number of hydrogen-bond donors (Lipinski definition) is 1. The van der Waals surface area contributed by atoms with E-state index in [2.05, 4.69) is 0 Å². The zero-order chi connectivity index (χ0) is 15.7. The Morgan fingerprint density at radius 3 is 1.95 bits per heavy atom. The molecule has 1 N–H and O–H groups in total. The second-order valence-electron chi connectivity index (χ2n) is 5.15. The maximum atomic E-state index is 14.3. The van der Waals surface area contributed by atoms with Crippen molar-refractivity contribution in [2.24, 2.45) is 0 Å². The fourth-order valence-electron chi connectivity index (χ4n) is 2.54. The van der Waals surface area contributed by atoms with Gasteiger partial charge in [-0.25, -0.2) is 4.39 Å². The first-order chi connectivity index (χ1) is 10.6. The standard InChI is InChI=1S/C17H14FNO3/c18-15(11-6-2-1-3-7-11)14(20)10-19-16(21)12-8-4-5-9-13(12)17(19)22/h1-9,14-15,20H,10H2/t14-,15+/m0/s1. The SMILES string of the molecule is O=C1c2ccccc2C(=O)N1C[C@H](O)[C@H](F)c1ccccc1. The summed E-state index contributed by atoms with van der Waals surface area (Å²) in [6, 6.07) is 14.6. The number of amides is 2. The Morgan fingerprint density at radius 1 is 0.909 bits per heavy atom. The van der Waals surface area contributed by atoms with Crippen molar-refractivity contribution in [3.05, 3.63) is 71.3 Å². The Kier molecular flexibility index (Phi) is 3.73. The van der Waals surface area contributed by atoms with Gasteiger partial charge in [0, 0.05) is 0 Å². The summed E-state index contributed by atoms with van der Waals surface area (Å²) in [7, 11) is 0. The molecule has 0 saturated carbocycles. The first kappa shape index (κ1) is 14.4. The molecule has 0 unspecified atom stereocenters. The molecule has 1 aliphatic heterocycles. The van der Waals surface area contributed by atoms with E-state index in [1.54, 1.807) is 54.6 Å². The summed E-state index contributed by atoms with van der Waals surface area (Å²) in [5, 5.41) is 10.0. The van der Waals surface area contributed by atoms with Crippen LogP contribution in [-0.2, 0) is 0 Å². The molecule has 22 heavy (non-hydrogen) atoms. The van der Waals surface area contributed by atoms with Gasteiger partial charge in [0.05, 0.1) is 17.7 Å². The molecule has 0 saturated heterocycles. The number of benzene rings is 2. The van der Waals surface area contributed by atoms with E-state index >= 15 is 0 Å². The normalized spacial score (nSPS) is 16.5. The van der Waals surface area contributed by atoms with Crippen LogP contribution >= 0.6 is 0 Å². The molecule has 3 rings (SSSR count). The lowest BCUT2D eigenvalue weighted by atomic mass is 10.1.